The van der Waals surface area contributed by atoms with Gasteiger partial charge in [0, 0.05) is 43.4 Å². The van der Waals surface area contributed by atoms with Crippen LogP contribution in [0.3, 0.4) is 0 Å². The van der Waals surface area contributed by atoms with E-state index >= 15 is 0 Å². The first-order chi connectivity index (χ1) is 30.3. The molecule has 0 saturated heterocycles. The van der Waals surface area contributed by atoms with Crippen LogP contribution in [0.15, 0.2) is 168 Å². The smallest absolute Gasteiger partial charge is 0.122 e. The monoisotopic (exact) mass is 979 g/mol. The second kappa shape index (κ2) is 18.7. The van der Waals surface area contributed by atoms with Crippen LogP contribution < -0.4 is 5.19 Å². The molecular weight excluding hydrogens is 925 g/mol. The number of fused-ring (bicyclic) bond motifs is 3. The van der Waals surface area contributed by atoms with Gasteiger partial charge in [0.15, 0.2) is 0 Å². The van der Waals surface area contributed by atoms with Gasteiger partial charge in [-0.15, -0.1) is 53.1 Å². The van der Waals surface area contributed by atoms with Crippen molar-refractivity contribution >= 4 is 35.2 Å². The van der Waals surface area contributed by atoms with Crippen molar-refractivity contribution in [2.24, 2.45) is 0 Å². The maximum absolute atomic E-state index is 8.89. The molecule has 0 aliphatic rings. The molecule has 0 fully saturated rings. The van der Waals surface area contributed by atoms with E-state index in [-0.39, 0.29) is 20.1 Å². The number of aryl methyl sites for hydroxylation is 1. The predicted molar refractivity (Wildman–Crippen MR) is 252 cm³/mol. The second-order valence-corrected chi connectivity index (χ2v) is 20.9. The second-order valence-electron chi connectivity index (χ2n) is 15.8. The number of nitrogens with zero attached hydrogens (tertiary/aromatic N) is 2. The van der Waals surface area contributed by atoms with Gasteiger partial charge in [-0.3, -0.25) is 0 Å². The molecule has 6 aromatic carbocycles. The summed E-state index contributed by atoms with van der Waals surface area (Å²) >= 11 is 0. The van der Waals surface area contributed by atoms with Gasteiger partial charge < -0.3 is 14.4 Å². The molecule has 3 aromatic heterocycles. The fourth-order valence-electron chi connectivity index (χ4n) is 7.59. The first-order valence-corrected chi connectivity index (χ1v) is 23.8. The van der Waals surface area contributed by atoms with Crippen molar-refractivity contribution in [3.63, 3.8) is 0 Å². The van der Waals surface area contributed by atoms with E-state index in [1.807, 2.05) is 85.2 Å². The van der Waals surface area contributed by atoms with Crippen molar-refractivity contribution < 1.29 is 30.0 Å². The molecule has 9 rings (SSSR count). The summed E-state index contributed by atoms with van der Waals surface area (Å²) < 4.78 is 38.8. The van der Waals surface area contributed by atoms with E-state index in [0.29, 0.717) is 11.1 Å². The average Bonchev–Trinajstić information content (AvgIpc) is 3.69. The topological polar surface area (TPSA) is 38.9 Å². The Labute approximate surface area is 375 Å². The predicted octanol–water partition coefficient (Wildman–Crippen LogP) is 14.8. The summed E-state index contributed by atoms with van der Waals surface area (Å²) in [6.45, 7) is 8.81. The Kier molecular flexibility index (Phi) is 11.6. The fraction of sp³-hybridized carbons (Fsp3) is 0.164. The third-order valence-electron chi connectivity index (χ3n) is 10.9. The van der Waals surface area contributed by atoms with E-state index in [9.17, 15) is 0 Å². The molecule has 1 radical (unpaired) electrons. The molecular formula is C55H50IrN2OSi-2. The van der Waals surface area contributed by atoms with Crippen LogP contribution in [0, 0.1) is 19.0 Å². The van der Waals surface area contributed by atoms with Gasteiger partial charge in [0.1, 0.15) is 5.58 Å². The molecule has 0 aliphatic carbocycles. The van der Waals surface area contributed by atoms with E-state index in [2.05, 4.69) is 128 Å². The first kappa shape index (κ1) is 37.3. The van der Waals surface area contributed by atoms with Gasteiger partial charge in [0.05, 0.1) is 13.7 Å². The minimum atomic E-state index is -2.19. The summed E-state index contributed by atoms with van der Waals surface area (Å²) in [6.07, 6.45) is 5.26. The van der Waals surface area contributed by atoms with Gasteiger partial charge >= 0.3 is 0 Å². The van der Waals surface area contributed by atoms with Crippen LogP contribution >= 0.6 is 0 Å². The maximum atomic E-state index is 8.89. The first-order valence-electron chi connectivity index (χ1n) is 22.3. The number of furan rings is 1. The van der Waals surface area contributed by atoms with E-state index in [1.165, 1.54) is 5.19 Å². The Bertz CT molecular complexity index is 3000. The fourth-order valence-corrected chi connectivity index (χ4v) is 8.62. The van der Waals surface area contributed by atoms with Gasteiger partial charge in [-0.1, -0.05) is 166 Å². The summed E-state index contributed by atoms with van der Waals surface area (Å²) in [7, 11) is -1.40. The zero-order chi connectivity index (χ0) is 44.4. The van der Waals surface area contributed by atoms with E-state index in [4.69, 9.17) is 9.90 Å². The summed E-state index contributed by atoms with van der Waals surface area (Å²) in [5.74, 6) is -0.613. The van der Waals surface area contributed by atoms with Gasteiger partial charge in [0.25, 0.3) is 0 Å². The normalized spacial score (nSPS) is 12.7. The van der Waals surface area contributed by atoms with Crippen molar-refractivity contribution in [1.82, 2.24) is 9.97 Å². The molecule has 5 heteroatoms. The largest absolute Gasteiger partial charge is 0.500 e. The standard InChI is InChI=1S/C34H28NO.C21H22NSi.Ir/c1-3-23(4-2)26-17-18-35-31(21-26)27-15-16-32-30(19-27)34-29(25-13-9-6-10-14-25)20-28(22-33(34)36-32)24-11-7-5-8-12-24;1-16-10-11-18(14-20(16)17-8-6-5-7-9-17)21-13-12-19(15-22-21)23(2,3)4;/h5-14,16-23H,3-4H2,1-2H3;5-10,12-15H,1-4H3;/q2*-1;/i23D;1D3;. The zero-order valence-corrected chi connectivity index (χ0v) is 38.0. The Morgan fingerprint density at radius 3 is 1.88 bits per heavy atom. The number of rotatable bonds is 9. The maximum Gasteiger partial charge on any atom is 0.122 e. The van der Waals surface area contributed by atoms with Crippen LogP contribution in [0.2, 0.25) is 19.6 Å². The number of benzene rings is 6. The Morgan fingerprint density at radius 2 is 1.27 bits per heavy atom. The Morgan fingerprint density at radius 1 is 0.633 bits per heavy atom. The number of hydrogen-bond donors (Lipinski definition) is 0. The Hall–Kier alpha value is -5.71. The Balaban J connectivity index is 0.000000201. The van der Waals surface area contributed by atoms with Crippen molar-refractivity contribution in [2.45, 2.75) is 59.1 Å². The average molecular weight is 979 g/mol. The zero-order valence-electron chi connectivity index (χ0n) is 38.6. The molecule has 0 saturated carbocycles. The molecule has 3 heterocycles. The van der Waals surface area contributed by atoms with Gasteiger partial charge in [0.2, 0.25) is 0 Å². The van der Waals surface area contributed by atoms with Crippen LogP contribution in [0.1, 0.15) is 49.2 Å². The minimum Gasteiger partial charge on any atom is -0.500 e. The van der Waals surface area contributed by atoms with Crippen LogP contribution in [0.4, 0.5) is 0 Å². The SMILES string of the molecule is [2H]C(CC)(CC)c1ccnc(-c2[c-]cc3oc4cc(-c5ccccc5)cc(-c5ccccc5)c4c3c2)c1.[2H]C([2H])([2H])c1c[c-]c(-c2ccc([Si](C)(C)C)cn2)cc1-c1ccccc1.[Ir]. The molecule has 301 valence electrons. The molecule has 3 nitrogen and oxygen atoms in total. The number of aromatic nitrogens is 2. The molecule has 60 heavy (non-hydrogen) atoms. The summed E-state index contributed by atoms with van der Waals surface area (Å²) in [5.41, 5.74) is 12.4. The summed E-state index contributed by atoms with van der Waals surface area (Å²) in [6, 6.07) is 57.0. The van der Waals surface area contributed by atoms with Gasteiger partial charge in [-0.25, -0.2) is 0 Å². The van der Waals surface area contributed by atoms with Crippen LogP contribution in [0.5, 0.6) is 0 Å². The van der Waals surface area contributed by atoms with Crippen LogP contribution in [0.25, 0.3) is 77.8 Å². The van der Waals surface area contributed by atoms with Crippen molar-refractivity contribution in [3.05, 3.63) is 187 Å². The van der Waals surface area contributed by atoms with E-state index in [0.717, 1.165) is 90.7 Å². The molecule has 0 atom stereocenters. The molecule has 0 spiro atoms. The summed E-state index contributed by atoms with van der Waals surface area (Å²) in [4.78, 5) is 9.26. The van der Waals surface area contributed by atoms with E-state index < -0.39 is 20.8 Å². The molecule has 9 aromatic rings. The number of hydrogen-bond acceptors (Lipinski definition) is 3. The molecule has 0 aliphatic heterocycles. The third kappa shape index (κ3) is 9.20. The van der Waals surface area contributed by atoms with Gasteiger partial charge in [-0.05, 0) is 81.3 Å². The van der Waals surface area contributed by atoms with Crippen LogP contribution in [-0.2, 0) is 20.1 Å². The molecule has 0 N–H and O–H groups in total. The summed E-state index contributed by atoms with van der Waals surface area (Å²) in [5, 5.41) is 3.42. The molecule has 0 unspecified atom stereocenters. The van der Waals surface area contributed by atoms with E-state index in [1.54, 1.807) is 6.07 Å². The van der Waals surface area contributed by atoms with Crippen molar-refractivity contribution in [3.8, 4) is 55.9 Å². The number of pyridine rings is 2. The van der Waals surface area contributed by atoms with Crippen LogP contribution in [-0.4, -0.2) is 18.0 Å². The van der Waals surface area contributed by atoms with Crippen molar-refractivity contribution in [2.75, 3.05) is 0 Å². The third-order valence-corrected chi connectivity index (χ3v) is 13.0. The van der Waals surface area contributed by atoms with Gasteiger partial charge in [-0.2, -0.15) is 0 Å². The minimum absolute atomic E-state index is 0. The van der Waals surface area contributed by atoms with Crippen molar-refractivity contribution in [1.29, 1.82) is 0 Å². The molecule has 0 bridgehead atoms. The molecule has 0 amide bonds. The quantitative estimate of drug-likeness (QED) is 0.107.